The predicted octanol–water partition coefficient (Wildman–Crippen LogP) is 3.02. The fourth-order valence-corrected chi connectivity index (χ4v) is 2.55. The SMILES string of the molecule is C[C@H](NC(=O)Cn1ccc2c([N+](=O)[O-])cccc21)c1ccco1. The number of furan rings is 1. The van der Waals surface area contributed by atoms with Gasteiger partial charge in [0.05, 0.1) is 28.1 Å². The van der Waals surface area contributed by atoms with Crippen LogP contribution in [0.2, 0.25) is 0 Å². The van der Waals surface area contributed by atoms with Crippen LogP contribution in [-0.2, 0) is 11.3 Å². The minimum atomic E-state index is -0.425. The molecule has 1 amide bonds. The van der Waals surface area contributed by atoms with Crippen LogP contribution in [-0.4, -0.2) is 15.4 Å². The number of carbonyl (C=O) groups is 1. The van der Waals surface area contributed by atoms with Crippen molar-refractivity contribution < 1.29 is 14.1 Å². The van der Waals surface area contributed by atoms with Crippen molar-refractivity contribution >= 4 is 22.5 Å². The van der Waals surface area contributed by atoms with Crippen molar-refractivity contribution in [3.63, 3.8) is 0 Å². The number of hydrogen-bond acceptors (Lipinski definition) is 4. The van der Waals surface area contributed by atoms with Crippen LogP contribution in [0.25, 0.3) is 10.9 Å². The summed E-state index contributed by atoms with van der Waals surface area (Å²) in [4.78, 5) is 22.8. The van der Waals surface area contributed by atoms with Gasteiger partial charge in [0.2, 0.25) is 5.91 Å². The van der Waals surface area contributed by atoms with Crippen LogP contribution >= 0.6 is 0 Å². The molecule has 7 nitrogen and oxygen atoms in total. The Balaban J connectivity index is 1.78. The molecule has 0 aliphatic rings. The summed E-state index contributed by atoms with van der Waals surface area (Å²) in [7, 11) is 0. The molecule has 7 heteroatoms. The molecular formula is C16H15N3O4. The van der Waals surface area contributed by atoms with E-state index in [-0.39, 0.29) is 24.2 Å². The van der Waals surface area contributed by atoms with Crippen LogP contribution in [0.15, 0.2) is 53.3 Å². The summed E-state index contributed by atoms with van der Waals surface area (Å²) in [5, 5.41) is 14.4. The maximum atomic E-state index is 12.2. The van der Waals surface area contributed by atoms with Gasteiger partial charge in [0, 0.05) is 12.3 Å². The van der Waals surface area contributed by atoms with E-state index >= 15 is 0 Å². The summed E-state index contributed by atoms with van der Waals surface area (Å²) in [6, 6.07) is 9.78. The molecule has 0 spiro atoms. The Kier molecular flexibility index (Phi) is 3.84. The average molecular weight is 313 g/mol. The van der Waals surface area contributed by atoms with E-state index in [1.165, 1.54) is 6.07 Å². The Bertz CT molecular complexity index is 851. The van der Waals surface area contributed by atoms with Crippen molar-refractivity contribution in [3.05, 3.63) is 64.7 Å². The van der Waals surface area contributed by atoms with Crippen LogP contribution in [0.3, 0.4) is 0 Å². The van der Waals surface area contributed by atoms with Crippen molar-refractivity contribution in [3.8, 4) is 0 Å². The quantitative estimate of drug-likeness (QED) is 0.579. The predicted molar refractivity (Wildman–Crippen MR) is 83.9 cm³/mol. The third kappa shape index (κ3) is 2.94. The molecule has 0 aliphatic carbocycles. The number of carbonyl (C=O) groups excluding carboxylic acids is 1. The molecule has 0 saturated heterocycles. The number of amides is 1. The topological polar surface area (TPSA) is 90.3 Å². The van der Waals surface area contributed by atoms with Gasteiger partial charge in [-0.15, -0.1) is 0 Å². The van der Waals surface area contributed by atoms with Gasteiger partial charge in [0.15, 0.2) is 0 Å². The minimum Gasteiger partial charge on any atom is -0.467 e. The van der Waals surface area contributed by atoms with Crippen LogP contribution in [0.5, 0.6) is 0 Å². The Morgan fingerprint density at radius 3 is 2.87 bits per heavy atom. The van der Waals surface area contributed by atoms with E-state index in [9.17, 15) is 14.9 Å². The fourth-order valence-electron chi connectivity index (χ4n) is 2.55. The third-order valence-electron chi connectivity index (χ3n) is 3.65. The second-order valence-corrected chi connectivity index (χ2v) is 5.22. The first-order valence-corrected chi connectivity index (χ1v) is 7.11. The highest BCUT2D eigenvalue weighted by atomic mass is 16.6. The summed E-state index contributed by atoms with van der Waals surface area (Å²) >= 11 is 0. The molecule has 1 N–H and O–H groups in total. The number of nitro benzene ring substituents is 1. The number of nitrogens with one attached hydrogen (secondary N) is 1. The van der Waals surface area contributed by atoms with Gasteiger partial charge in [-0.1, -0.05) is 6.07 Å². The molecule has 0 bridgehead atoms. The minimum absolute atomic E-state index is 0.0330. The van der Waals surface area contributed by atoms with E-state index < -0.39 is 4.92 Å². The lowest BCUT2D eigenvalue weighted by molar-refractivity contribution is -0.383. The molecule has 0 saturated carbocycles. The number of fused-ring (bicyclic) bond motifs is 1. The van der Waals surface area contributed by atoms with E-state index in [2.05, 4.69) is 5.32 Å². The van der Waals surface area contributed by atoms with Gasteiger partial charge in [0.1, 0.15) is 12.3 Å². The first-order valence-electron chi connectivity index (χ1n) is 7.11. The highest BCUT2D eigenvalue weighted by Gasteiger charge is 2.16. The van der Waals surface area contributed by atoms with E-state index in [1.54, 1.807) is 47.4 Å². The van der Waals surface area contributed by atoms with Gasteiger partial charge < -0.3 is 14.3 Å². The summed E-state index contributed by atoms with van der Waals surface area (Å²) in [5.74, 6) is 0.476. The Morgan fingerprint density at radius 2 is 2.17 bits per heavy atom. The Morgan fingerprint density at radius 1 is 1.35 bits per heavy atom. The van der Waals surface area contributed by atoms with Crippen molar-refractivity contribution in [1.82, 2.24) is 9.88 Å². The largest absolute Gasteiger partial charge is 0.467 e. The molecule has 1 atom stereocenters. The number of benzene rings is 1. The van der Waals surface area contributed by atoms with Gasteiger partial charge in [-0.25, -0.2) is 0 Å². The van der Waals surface area contributed by atoms with Crippen LogP contribution in [0.4, 0.5) is 5.69 Å². The van der Waals surface area contributed by atoms with E-state index in [4.69, 9.17) is 4.42 Å². The highest BCUT2D eigenvalue weighted by molar-refractivity contribution is 5.90. The zero-order chi connectivity index (χ0) is 16.4. The molecule has 0 unspecified atom stereocenters. The first kappa shape index (κ1) is 14.8. The lowest BCUT2D eigenvalue weighted by Crippen LogP contribution is -2.29. The molecule has 3 rings (SSSR count). The number of hydrogen-bond donors (Lipinski definition) is 1. The van der Waals surface area contributed by atoms with Gasteiger partial charge in [-0.3, -0.25) is 14.9 Å². The molecule has 2 aromatic heterocycles. The number of non-ortho nitro benzene ring substituents is 1. The summed E-state index contributed by atoms with van der Waals surface area (Å²) in [6.45, 7) is 1.91. The summed E-state index contributed by atoms with van der Waals surface area (Å²) in [5.41, 5.74) is 0.686. The number of nitro groups is 1. The molecule has 1 aromatic carbocycles. The standard InChI is InChI=1S/C16H15N3O4/c1-11(15-6-3-9-23-15)17-16(20)10-18-8-7-12-13(18)4-2-5-14(12)19(21)22/h2-9,11H,10H2,1H3,(H,17,20)/t11-/m0/s1. The molecule has 0 aliphatic heterocycles. The number of nitrogens with zero attached hydrogens (tertiary/aromatic N) is 2. The van der Waals surface area contributed by atoms with Gasteiger partial charge in [-0.2, -0.15) is 0 Å². The van der Waals surface area contributed by atoms with E-state index in [0.717, 1.165) is 0 Å². The molecular weight excluding hydrogens is 298 g/mol. The van der Waals surface area contributed by atoms with E-state index in [0.29, 0.717) is 16.7 Å². The van der Waals surface area contributed by atoms with Crippen molar-refractivity contribution in [2.75, 3.05) is 0 Å². The molecule has 118 valence electrons. The van der Waals surface area contributed by atoms with Gasteiger partial charge in [0.25, 0.3) is 5.69 Å². The molecule has 3 aromatic rings. The van der Waals surface area contributed by atoms with Gasteiger partial charge >= 0.3 is 0 Å². The highest BCUT2D eigenvalue weighted by Crippen LogP contribution is 2.26. The zero-order valence-electron chi connectivity index (χ0n) is 12.4. The lowest BCUT2D eigenvalue weighted by atomic mass is 10.2. The monoisotopic (exact) mass is 313 g/mol. The molecule has 2 heterocycles. The van der Waals surface area contributed by atoms with Crippen molar-refractivity contribution in [2.45, 2.75) is 19.5 Å². The van der Waals surface area contributed by atoms with Crippen LogP contribution in [0, 0.1) is 10.1 Å². The smallest absolute Gasteiger partial charge is 0.278 e. The molecule has 0 radical (unpaired) electrons. The normalized spacial score (nSPS) is 12.2. The van der Waals surface area contributed by atoms with Crippen molar-refractivity contribution in [2.24, 2.45) is 0 Å². The fraction of sp³-hybridized carbons (Fsp3) is 0.188. The van der Waals surface area contributed by atoms with Crippen molar-refractivity contribution in [1.29, 1.82) is 0 Å². The third-order valence-corrected chi connectivity index (χ3v) is 3.65. The lowest BCUT2D eigenvalue weighted by Gasteiger charge is -2.12. The Hall–Kier alpha value is -3.09. The summed E-state index contributed by atoms with van der Waals surface area (Å²) in [6.07, 6.45) is 3.23. The first-order chi connectivity index (χ1) is 11.1. The molecule has 0 fully saturated rings. The van der Waals surface area contributed by atoms with E-state index in [1.807, 2.05) is 6.92 Å². The number of rotatable bonds is 5. The number of aromatic nitrogens is 1. The summed E-state index contributed by atoms with van der Waals surface area (Å²) < 4.78 is 6.93. The zero-order valence-corrected chi connectivity index (χ0v) is 12.4. The second kappa shape index (κ2) is 5.96. The van der Waals surface area contributed by atoms with Crippen LogP contribution < -0.4 is 5.32 Å². The maximum absolute atomic E-state index is 12.2. The Labute approximate surface area is 131 Å². The average Bonchev–Trinajstić information content (AvgIpc) is 3.16. The van der Waals surface area contributed by atoms with Gasteiger partial charge in [-0.05, 0) is 31.2 Å². The second-order valence-electron chi connectivity index (χ2n) is 5.22. The molecule has 23 heavy (non-hydrogen) atoms. The van der Waals surface area contributed by atoms with Crippen LogP contribution in [0.1, 0.15) is 18.7 Å². The maximum Gasteiger partial charge on any atom is 0.278 e.